The first-order valence-electron chi connectivity index (χ1n) is 1.44. The zero-order valence-corrected chi connectivity index (χ0v) is 9.65. The summed E-state index contributed by atoms with van der Waals surface area (Å²) >= 11 is 0. The van der Waals surface area contributed by atoms with E-state index in [1.165, 1.54) is 0 Å². The molecule has 17 heavy (non-hydrogen) atoms. The zero-order chi connectivity index (χ0) is 8.08. The predicted octanol–water partition coefficient (Wildman–Crippen LogP) is -9.17. The minimum atomic E-state index is -5.17. The molecular weight excluding hydrogens is 326 g/mol. The van der Waals surface area contributed by atoms with Crippen molar-refractivity contribution in [2.45, 2.75) is 0 Å². The van der Waals surface area contributed by atoms with E-state index >= 15 is 0 Å². The molecule has 14 nitrogen and oxygen atoms in total. The second-order valence-corrected chi connectivity index (χ2v) is 1.57. The SMILES string of the molecule is O.O.O.O.O.O.O.O=S(=O)([O-])[O-].OB(O)O.[Co+2]. The molecule has 0 unspecified atom stereocenters. The van der Waals surface area contributed by atoms with Gasteiger partial charge in [-0.1, -0.05) is 0 Å². The standard InChI is InChI=1S/BH3O3.Co.H2O4S.7H2O/c2-1(3)4;;1-5(2,3)4;;;;;;;/h2-4H;;(H2,1,2,3,4);7*1H2/q;+2;;;;;;;;/p-2. The molecule has 0 spiro atoms. The van der Waals surface area contributed by atoms with Crippen molar-refractivity contribution in [3.8, 4) is 0 Å². The predicted molar refractivity (Wildman–Crippen MR) is 48.2 cm³/mol. The van der Waals surface area contributed by atoms with Gasteiger partial charge in [-0.3, -0.25) is 8.42 Å². The van der Waals surface area contributed by atoms with E-state index in [0.29, 0.717) is 0 Å². The third-order valence-electron chi connectivity index (χ3n) is 0. The molecule has 0 amide bonds. The van der Waals surface area contributed by atoms with Crippen LogP contribution in [0.15, 0.2) is 0 Å². The van der Waals surface area contributed by atoms with Crippen LogP contribution in [0.5, 0.6) is 0 Å². The first kappa shape index (κ1) is 88.4. The summed E-state index contributed by atoms with van der Waals surface area (Å²) in [5.74, 6) is 0. The van der Waals surface area contributed by atoms with Gasteiger partial charge in [-0.05, 0) is 0 Å². The molecule has 0 saturated carbocycles. The molecule has 0 atom stereocenters. The van der Waals surface area contributed by atoms with Crippen molar-refractivity contribution in [3.05, 3.63) is 0 Å². The van der Waals surface area contributed by atoms with Gasteiger partial charge in [-0.2, -0.15) is 0 Å². The Morgan fingerprint density at radius 1 is 0.706 bits per heavy atom. The fourth-order valence-electron chi connectivity index (χ4n) is 0. The van der Waals surface area contributed by atoms with Crippen molar-refractivity contribution < 1.29 is 87.7 Å². The molecule has 0 saturated heterocycles. The van der Waals surface area contributed by atoms with Crippen LogP contribution in [0.1, 0.15) is 0 Å². The maximum absolute atomic E-state index is 8.52. The second kappa shape index (κ2) is 44.4. The summed E-state index contributed by atoms with van der Waals surface area (Å²) in [5.41, 5.74) is 0. The Labute approximate surface area is 106 Å². The van der Waals surface area contributed by atoms with E-state index in [2.05, 4.69) is 0 Å². The molecule has 0 fully saturated rings. The summed E-state index contributed by atoms with van der Waals surface area (Å²) in [5, 5.41) is 21.5. The molecule has 0 rings (SSSR count). The summed E-state index contributed by atoms with van der Waals surface area (Å²) in [6.45, 7) is 0. The summed E-state index contributed by atoms with van der Waals surface area (Å²) in [6, 6.07) is 0. The van der Waals surface area contributed by atoms with Crippen LogP contribution < -0.4 is 0 Å². The normalized spacial score (nSPS) is 5.00. The molecule has 0 aliphatic heterocycles. The first-order chi connectivity index (χ1) is 3.73. The van der Waals surface area contributed by atoms with Gasteiger partial charge in [0.1, 0.15) is 0 Å². The van der Waals surface area contributed by atoms with Crippen LogP contribution in [0.2, 0.25) is 0 Å². The van der Waals surface area contributed by atoms with Crippen LogP contribution in [-0.2, 0) is 27.2 Å². The quantitative estimate of drug-likeness (QED) is 0.216. The Morgan fingerprint density at radius 3 is 0.706 bits per heavy atom. The molecule has 119 valence electrons. The maximum atomic E-state index is 8.52. The summed E-state index contributed by atoms with van der Waals surface area (Å²) < 4.78 is 34.1. The molecule has 0 aliphatic rings. The summed E-state index contributed by atoms with van der Waals surface area (Å²) in [7, 11) is -7.33. The molecule has 17 N–H and O–H groups in total. The molecule has 0 bridgehead atoms. The number of rotatable bonds is 0. The molecule has 1 radical (unpaired) electrons. The zero-order valence-electron chi connectivity index (χ0n) is 7.79. The fourth-order valence-corrected chi connectivity index (χ4v) is 0. The Bertz CT molecular complexity index is 128. The third kappa shape index (κ3) is 1840000. The van der Waals surface area contributed by atoms with Crippen LogP contribution in [0, 0.1) is 0 Å². The van der Waals surface area contributed by atoms with Gasteiger partial charge in [0, 0.05) is 10.4 Å². The summed E-state index contributed by atoms with van der Waals surface area (Å²) in [4.78, 5) is 0. The number of hydrogen-bond donors (Lipinski definition) is 3. The van der Waals surface area contributed by atoms with Gasteiger partial charge in [-0.25, -0.2) is 0 Å². The van der Waals surface area contributed by atoms with E-state index in [4.69, 9.17) is 32.6 Å². The van der Waals surface area contributed by atoms with Crippen LogP contribution in [0.3, 0.4) is 0 Å². The van der Waals surface area contributed by atoms with E-state index in [-0.39, 0.29) is 55.1 Å². The molecule has 17 heteroatoms. The fraction of sp³-hybridized carbons (Fsp3) is 0. The van der Waals surface area contributed by atoms with Gasteiger partial charge in [0.2, 0.25) is 0 Å². The van der Waals surface area contributed by atoms with E-state index in [9.17, 15) is 0 Å². The van der Waals surface area contributed by atoms with Crippen molar-refractivity contribution in [3.63, 3.8) is 0 Å². The second-order valence-electron chi connectivity index (χ2n) is 0.755. The minimum Gasteiger partial charge on any atom is -0.759 e. The van der Waals surface area contributed by atoms with Crippen LogP contribution in [0.25, 0.3) is 0 Å². The van der Waals surface area contributed by atoms with Crippen molar-refractivity contribution in [2.75, 3.05) is 0 Å². The van der Waals surface area contributed by atoms with E-state index in [0.717, 1.165) is 0 Å². The topological polar surface area (TPSA) is 361 Å². The molecule has 0 aromatic rings. The Balaban J connectivity index is -0.00000000494. The average Bonchev–Trinajstić information content (AvgIpc) is 1.19. The molecule has 0 aromatic heterocycles. The van der Waals surface area contributed by atoms with Gasteiger partial charge in [0.15, 0.2) is 0 Å². The first-order valence-corrected chi connectivity index (χ1v) is 2.77. The monoisotopic (exact) mass is 343 g/mol. The smallest absolute Gasteiger partial charge is 0.759 e. The maximum Gasteiger partial charge on any atom is 2.00 e. The van der Waals surface area contributed by atoms with E-state index < -0.39 is 17.7 Å². The molecular formula is H17BCoO14S. The van der Waals surface area contributed by atoms with Gasteiger partial charge < -0.3 is 62.5 Å². The third-order valence-corrected chi connectivity index (χ3v) is 0. The Kier molecular flexibility index (Phi) is 231. The Morgan fingerprint density at radius 2 is 0.706 bits per heavy atom. The van der Waals surface area contributed by atoms with Gasteiger partial charge in [0.25, 0.3) is 0 Å². The molecule has 0 aromatic carbocycles. The van der Waals surface area contributed by atoms with Gasteiger partial charge >= 0.3 is 24.1 Å². The van der Waals surface area contributed by atoms with E-state index in [1.54, 1.807) is 0 Å². The van der Waals surface area contributed by atoms with Crippen LogP contribution in [0.4, 0.5) is 0 Å². The Hall–Kier alpha value is 0.0414. The van der Waals surface area contributed by atoms with Gasteiger partial charge in [-0.15, -0.1) is 0 Å². The average molecular weight is 343 g/mol. The summed E-state index contributed by atoms with van der Waals surface area (Å²) in [6.07, 6.45) is 0. The van der Waals surface area contributed by atoms with Crippen molar-refractivity contribution in [1.29, 1.82) is 0 Å². The molecule has 0 aliphatic carbocycles. The van der Waals surface area contributed by atoms with Crippen molar-refractivity contribution >= 4 is 17.7 Å². The minimum absolute atomic E-state index is 0. The number of hydrogen-bond acceptors (Lipinski definition) is 7. The largest absolute Gasteiger partial charge is 2.00 e. The van der Waals surface area contributed by atoms with E-state index in [1.807, 2.05) is 0 Å². The molecule has 0 heterocycles. The van der Waals surface area contributed by atoms with Crippen molar-refractivity contribution in [1.82, 2.24) is 0 Å². The van der Waals surface area contributed by atoms with Crippen LogP contribution in [-0.4, -0.2) is 78.2 Å². The van der Waals surface area contributed by atoms with Gasteiger partial charge in [0.05, 0.1) is 0 Å². The van der Waals surface area contributed by atoms with Crippen LogP contribution >= 0.6 is 0 Å². The van der Waals surface area contributed by atoms with Crippen molar-refractivity contribution in [2.24, 2.45) is 0 Å².